The lowest BCUT2D eigenvalue weighted by atomic mass is 10.1. The Morgan fingerprint density at radius 1 is 1.04 bits per heavy atom. The molecule has 0 saturated heterocycles. The molecule has 8 heteroatoms. The highest BCUT2D eigenvalue weighted by Crippen LogP contribution is 2.15. The second-order valence-electron chi connectivity index (χ2n) is 5.10. The molecule has 2 rings (SSSR count). The number of nitrogens with one attached hydrogen (secondary N) is 2. The van der Waals surface area contributed by atoms with Crippen LogP contribution in [0, 0.1) is 0 Å². The summed E-state index contributed by atoms with van der Waals surface area (Å²) in [5.74, 6) is -1.40. The molecular formula is C17H18N2O5S. The van der Waals surface area contributed by atoms with E-state index in [-0.39, 0.29) is 10.5 Å². The van der Waals surface area contributed by atoms with Crippen molar-refractivity contribution < 1.29 is 22.7 Å². The second-order valence-corrected chi connectivity index (χ2v) is 6.75. The smallest absolute Gasteiger partial charge is 0.339 e. The Balaban J connectivity index is 2.16. The molecular weight excluding hydrogens is 344 g/mol. The van der Waals surface area contributed by atoms with E-state index < -0.39 is 21.9 Å². The van der Waals surface area contributed by atoms with Crippen LogP contribution < -0.4 is 10.3 Å². The van der Waals surface area contributed by atoms with E-state index >= 15 is 0 Å². The number of hydrazine groups is 1. The first-order valence-corrected chi connectivity index (χ1v) is 8.95. The highest BCUT2D eigenvalue weighted by Gasteiger charge is 2.23. The molecule has 0 spiro atoms. The van der Waals surface area contributed by atoms with Gasteiger partial charge < -0.3 is 4.74 Å². The van der Waals surface area contributed by atoms with Crippen molar-refractivity contribution in [2.45, 2.75) is 18.2 Å². The summed E-state index contributed by atoms with van der Waals surface area (Å²) >= 11 is 0. The number of carbonyl (C=O) groups excluding carboxylic acids is 2. The van der Waals surface area contributed by atoms with E-state index in [1.807, 2.05) is 11.8 Å². The molecule has 0 aliphatic rings. The van der Waals surface area contributed by atoms with E-state index in [4.69, 9.17) is 0 Å². The summed E-state index contributed by atoms with van der Waals surface area (Å²) in [7, 11) is -2.99. The van der Waals surface area contributed by atoms with Crippen molar-refractivity contribution in [2.75, 3.05) is 7.11 Å². The van der Waals surface area contributed by atoms with E-state index in [0.717, 1.165) is 19.1 Å². The standard InChI is InChI=1S/C17H18N2O5S/c1-3-12-8-10-13(11-9-12)16(20)18-19-25(22,23)15-7-5-4-6-14(15)17(21)24-2/h4-11,19H,3H2,1-2H3,(H,18,20). The summed E-state index contributed by atoms with van der Waals surface area (Å²) in [5.41, 5.74) is 3.37. The average Bonchev–Trinajstić information content (AvgIpc) is 2.65. The molecule has 2 N–H and O–H groups in total. The van der Waals surface area contributed by atoms with E-state index in [2.05, 4.69) is 10.2 Å². The van der Waals surface area contributed by atoms with E-state index in [9.17, 15) is 18.0 Å². The van der Waals surface area contributed by atoms with Crippen molar-refractivity contribution in [3.63, 3.8) is 0 Å². The topological polar surface area (TPSA) is 102 Å². The van der Waals surface area contributed by atoms with Crippen LogP contribution in [0.15, 0.2) is 53.4 Å². The van der Waals surface area contributed by atoms with Gasteiger partial charge in [-0.05, 0) is 36.2 Å². The van der Waals surface area contributed by atoms with Gasteiger partial charge in [0.05, 0.1) is 17.6 Å². The van der Waals surface area contributed by atoms with Crippen LogP contribution in [0.2, 0.25) is 0 Å². The summed E-state index contributed by atoms with van der Waals surface area (Å²) < 4.78 is 29.3. The molecule has 132 valence electrons. The van der Waals surface area contributed by atoms with Crippen molar-refractivity contribution in [1.82, 2.24) is 10.3 Å². The Morgan fingerprint density at radius 3 is 2.28 bits per heavy atom. The van der Waals surface area contributed by atoms with Crippen molar-refractivity contribution in [3.8, 4) is 0 Å². The molecule has 0 unspecified atom stereocenters. The molecule has 0 aliphatic carbocycles. The molecule has 0 heterocycles. The van der Waals surface area contributed by atoms with E-state index in [1.165, 1.54) is 24.3 Å². The Morgan fingerprint density at radius 2 is 1.68 bits per heavy atom. The fraction of sp³-hybridized carbons (Fsp3) is 0.176. The normalized spacial score (nSPS) is 11.0. The van der Waals surface area contributed by atoms with Crippen LogP contribution in [0.5, 0.6) is 0 Å². The largest absolute Gasteiger partial charge is 0.465 e. The Hall–Kier alpha value is -2.71. The summed E-state index contributed by atoms with van der Waals surface area (Å²) in [4.78, 5) is 25.5. The highest BCUT2D eigenvalue weighted by molar-refractivity contribution is 7.89. The first-order chi connectivity index (χ1) is 11.9. The molecule has 0 aliphatic heterocycles. The van der Waals surface area contributed by atoms with Gasteiger partial charge in [0.15, 0.2) is 0 Å². The number of carbonyl (C=O) groups is 2. The van der Waals surface area contributed by atoms with Gasteiger partial charge in [-0.1, -0.05) is 31.2 Å². The van der Waals surface area contributed by atoms with Gasteiger partial charge in [0, 0.05) is 5.56 Å². The molecule has 0 fully saturated rings. The number of benzene rings is 2. The Kier molecular flexibility index (Phi) is 5.89. The zero-order valence-corrected chi connectivity index (χ0v) is 14.6. The fourth-order valence-corrected chi connectivity index (χ4v) is 3.15. The number of amides is 1. The van der Waals surface area contributed by atoms with Crippen LogP contribution in [-0.2, 0) is 21.2 Å². The minimum Gasteiger partial charge on any atom is -0.465 e. The summed E-state index contributed by atoms with van der Waals surface area (Å²) in [5, 5.41) is 0. The van der Waals surface area contributed by atoms with Crippen LogP contribution in [-0.4, -0.2) is 27.4 Å². The van der Waals surface area contributed by atoms with E-state index in [1.54, 1.807) is 24.3 Å². The number of methoxy groups -OCH3 is 1. The first kappa shape index (κ1) is 18.6. The lowest BCUT2D eigenvalue weighted by molar-refractivity contribution is 0.0596. The van der Waals surface area contributed by atoms with Crippen LogP contribution in [0.1, 0.15) is 33.2 Å². The van der Waals surface area contributed by atoms with E-state index in [0.29, 0.717) is 5.56 Å². The molecule has 7 nitrogen and oxygen atoms in total. The minimum absolute atomic E-state index is 0.126. The third kappa shape index (κ3) is 4.43. The van der Waals surface area contributed by atoms with Crippen LogP contribution in [0.3, 0.4) is 0 Å². The van der Waals surface area contributed by atoms with Crippen LogP contribution >= 0.6 is 0 Å². The van der Waals surface area contributed by atoms with Gasteiger partial charge in [-0.3, -0.25) is 10.2 Å². The SMILES string of the molecule is CCc1ccc(C(=O)NNS(=O)(=O)c2ccccc2C(=O)OC)cc1. The second kappa shape index (κ2) is 7.91. The van der Waals surface area contributed by atoms with Gasteiger partial charge in [0.25, 0.3) is 15.9 Å². The lowest BCUT2D eigenvalue weighted by Gasteiger charge is -2.11. The number of esters is 1. The highest BCUT2D eigenvalue weighted by atomic mass is 32.2. The van der Waals surface area contributed by atoms with Crippen molar-refractivity contribution in [2.24, 2.45) is 0 Å². The predicted molar refractivity (Wildman–Crippen MR) is 91.4 cm³/mol. The number of hydrogen-bond acceptors (Lipinski definition) is 5. The van der Waals surface area contributed by atoms with Gasteiger partial charge >= 0.3 is 5.97 Å². The van der Waals surface area contributed by atoms with Gasteiger partial charge in [-0.15, -0.1) is 4.83 Å². The number of rotatable bonds is 6. The summed E-state index contributed by atoms with van der Waals surface area (Å²) in [6.07, 6.45) is 0.832. The molecule has 0 radical (unpaired) electrons. The Labute approximate surface area is 146 Å². The zero-order chi connectivity index (χ0) is 18.4. The predicted octanol–water partition coefficient (Wildman–Crippen LogP) is 1.66. The van der Waals surface area contributed by atoms with Gasteiger partial charge in [-0.25, -0.2) is 13.2 Å². The molecule has 1 amide bonds. The van der Waals surface area contributed by atoms with Gasteiger partial charge in [0.1, 0.15) is 0 Å². The molecule has 25 heavy (non-hydrogen) atoms. The average molecular weight is 362 g/mol. The summed E-state index contributed by atoms with van der Waals surface area (Å²) in [6, 6.07) is 12.3. The maximum absolute atomic E-state index is 12.4. The molecule has 0 bridgehead atoms. The minimum atomic E-state index is -4.14. The molecule has 0 aromatic heterocycles. The number of hydrogen-bond donors (Lipinski definition) is 2. The van der Waals surface area contributed by atoms with Gasteiger partial charge in [-0.2, -0.15) is 0 Å². The first-order valence-electron chi connectivity index (χ1n) is 7.47. The molecule has 0 atom stereocenters. The lowest BCUT2D eigenvalue weighted by Crippen LogP contribution is -2.42. The third-order valence-electron chi connectivity index (χ3n) is 3.51. The van der Waals surface area contributed by atoms with Crippen molar-refractivity contribution >= 4 is 21.9 Å². The number of aryl methyl sites for hydroxylation is 1. The summed E-state index contributed by atoms with van der Waals surface area (Å²) in [6.45, 7) is 1.99. The van der Waals surface area contributed by atoms with Gasteiger partial charge in [0.2, 0.25) is 0 Å². The molecule has 2 aromatic carbocycles. The van der Waals surface area contributed by atoms with Crippen LogP contribution in [0.4, 0.5) is 0 Å². The van der Waals surface area contributed by atoms with Crippen molar-refractivity contribution in [1.29, 1.82) is 0 Å². The zero-order valence-electron chi connectivity index (χ0n) is 13.8. The molecule has 0 saturated carbocycles. The van der Waals surface area contributed by atoms with Crippen LogP contribution in [0.25, 0.3) is 0 Å². The monoisotopic (exact) mass is 362 g/mol. The maximum Gasteiger partial charge on any atom is 0.339 e. The number of ether oxygens (including phenoxy) is 1. The molecule has 2 aromatic rings. The Bertz CT molecular complexity index is 876. The number of sulfonamides is 1. The fourth-order valence-electron chi connectivity index (χ4n) is 2.11. The van der Waals surface area contributed by atoms with Crippen molar-refractivity contribution in [3.05, 3.63) is 65.2 Å². The quantitative estimate of drug-likeness (QED) is 0.601. The third-order valence-corrected chi connectivity index (χ3v) is 4.81. The maximum atomic E-state index is 12.4.